The number of aromatic nitrogens is 4. The van der Waals surface area contributed by atoms with E-state index >= 15 is 0 Å². The number of nitrogens with zero attached hydrogens (tertiary/aromatic N) is 4. The molecule has 5 nitrogen and oxygen atoms in total. The maximum Gasteiger partial charge on any atom is 0.237 e. The third-order valence-electron chi connectivity index (χ3n) is 3.83. The quantitative estimate of drug-likeness (QED) is 0.484. The van der Waals surface area contributed by atoms with Crippen LogP contribution in [0, 0.1) is 0 Å². The zero-order chi connectivity index (χ0) is 17.2. The van der Waals surface area contributed by atoms with E-state index < -0.39 is 0 Å². The number of benzene rings is 2. The number of hydrogen-bond donors (Lipinski definition) is 0. The van der Waals surface area contributed by atoms with Crippen molar-refractivity contribution in [2.24, 2.45) is 7.05 Å². The fraction of sp³-hybridized carbons (Fsp3) is 0.167. The van der Waals surface area contributed by atoms with Crippen molar-refractivity contribution < 1.29 is 4.52 Å². The molecule has 0 saturated heterocycles. The van der Waals surface area contributed by atoms with E-state index in [1.54, 1.807) is 11.8 Å². The van der Waals surface area contributed by atoms with Crippen LogP contribution in [0.5, 0.6) is 0 Å². The highest BCUT2D eigenvalue weighted by Gasteiger charge is 2.12. The van der Waals surface area contributed by atoms with Crippen LogP contribution in [0.15, 0.2) is 58.2 Å². The molecule has 7 heteroatoms. The zero-order valence-corrected chi connectivity index (χ0v) is 15.1. The number of halogens is 1. The third-order valence-corrected chi connectivity index (χ3v) is 5.08. The van der Waals surface area contributed by atoms with Gasteiger partial charge >= 0.3 is 0 Å². The summed E-state index contributed by atoms with van der Waals surface area (Å²) in [5.74, 6) is 1.83. The summed E-state index contributed by atoms with van der Waals surface area (Å²) in [4.78, 5) is 9.09. The number of rotatable bonds is 5. The first-order valence-corrected chi connectivity index (χ1v) is 9.15. The molecule has 0 fully saturated rings. The first-order chi connectivity index (χ1) is 12.2. The lowest BCUT2D eigenvalue weighted by molar-refractivity contribution is 0.385. The van der Waals surface area contributed by atoms with Gasteiger partial charge in [0.2, 0.25) is 5.89 Å². The number of thioether (sulfide) groups is 1. The van der Waals surface area contributed by atoms with Crippen molar-refractivity contribution in [1.29, 1.82) is 0 Å². The summed E-state index contributed by atoms with van der Waals surface area (Å²) in [6.07, 6.45) is 0.598. The van der Waals surface area contributed by atoms with Gasteiger partial charge in [-0.05, 0) is 29.8 Å². The van der Waals surface area contributed by atoms with Crippen molar-refractivity contribution in [1.82, 2.24) is 19.7 Å². The van der Waals surface area contributed by atoms with E-state index in [2.05, 4.69) is 25.8 Å². The Bertz CT molecular complexity index is 1030. The van der Waals surface area contributed by atoms with Crippen LogP contribution in [0.1, 0.15) is 17.3 Å². The van der Waals surface area contributed by atoms with Gasteiger partial charge in [-0.2, -0.15) is 4.98 Å². The van der Waals surface area contributed by atoms with Crippen LogP contribution in [0.4, 0.5) is 0 Å². The van der Waals surface area contributed by atoms with Gasteiger partial charge in [0.15, 0.2) is 11.0 Å². The molecular formula is C18H15ClN4OS. The molecule has 0 aliphatic rings. The number of fused-ring (bicyclic) bond motifs is 1. The topological polar surface area (TPSA) is 56.7 Å². The van der Waals surface area contributed by atoms with Crippen LogP contribution in [0.3, 0.4) is 0 Å². The van der Waals surface area contributed by atoms with Gasteiger partial charge in [0, 0.05) is 18.5 Å². The normalized spacial score (nSPS) is 11.3. The average Bonchev–Trinajstić information content (AvgIpc) is 3.18. The van der Waals surface area contributed by atoms with E-state index in [0.717, 1.165) is 21.8 Å². The van der Waals surface area contributed by atoms with E-state index in [-0.39, 0.29) is 0 Å². The molecule has 4 aromatic rings. The third kappa shape index (κ3) is 3.55. The molecule has 0 spiro atoms. The minimum absolute atomic E-state index is 0.583. The standard InChI is InChI=1S/C18H15ClN4OS/c1-23-15-8-3-2-7-14(15)20-18(23)25-11-17-21-16(22-24-17)10-12-5-4-6-13(19)9-12/h2-9H,10-11H2,1H3. The van der Waals surface area contributed by atoms with Crippen molar-refractivity contribution in [3.05, 3.63) is 70.8 Å². The maximum absolute atomic E-state index is 6.01. The first kappa shape index (κ1) is 16.2. The van der Waals surface area contributed by atoms with Crippen LogP contribution in [0.25, 0.3) is 11.0 Å². The predicted octanol–water partition coefficient (Wildman–Crippen LogP) is 4.49. The minimum atomic E-state index is 0.583. The van der Waals surface area contributed by atoms with Crippen LogP contribution < -0.4 is 0 Å². The molecular weight excluding hydrogens is 356 g/mol. The second-order valence-electron chi connectivity index (χ2n) is 5.64. The lowest BCUT2D eigenvalue weighted by Crippen LogP contribution is -1.92. The van der Waals surface area contributed by atoms with Crippen LogP contribution >= 0.6 is 23.4 Å². The SMILES string of the molecule is Cn1c(SCc2nc(Cc3cccc(Cl)c3)no2)nc2ccccc21. The van der Waals surface area contributed by atoms with Gasteiger partial charge in [-0.25, -0.2) is 4.98 Å². The highest BCUT2D eigenvalue weighted by Crippen LogP contribution is 2.25. The fourth-order valence-electron chi connectivity index (χ4n) is 2.63. The van der Waals surface area contributed by atoms with Crippen molar-refractivity contribution in [3.63, 3.8) is 0 Å². The summed E-state index contributed by atoms with van der Waals surface area (Å²) in [6.45, 7) is 0. The van der Waals surface area contributed by atoms with Crippen LogP contribution in [0.2, 0.25) is 5.02 Å². The Morgan fingerprint density at radius 2 is 2.00 bits per heavy atom. The van der Waals surface area contributed by atoms with E-state index in [1.807, 2.05) is 49.5 Å². The molecule has 0 aliphatic carbocycles. The molecule has 4 rings (SSSR count). The molecule has 0 unspecified atom stereocenters. The first-order valence-electron chi connectivity index (χ1n) is 7.79. The van der Waals surface area contributed by atoms with Crippen LogP contribution in [-0.2, 0) is 19.2 Å². The largest absolute Gasteiger partial charge is 0.338 e. The van der Waals surface area contributed by atoms with Gasteiger partial charge in [0.25, 0.3) is 0 Å². The molecule has 2 heterocycles. The van der Waals surface area contributed by atoms with Gasteiger partial charge in [-0.3, -0.25) is 0 Å². The average molecular weight is 371 g/mol. The molecule has 0 N–H and O–H groups in total. The summed E-state index contributed by atoms with van der Waals surface area (Å²) >= 11 is 7.59. The number of imidazole rings is 1. The van der Waals surface area contributed by atoms with Gasteiger partial charge in [-0.15, -0.1) is 0 Å². The molecule has 2 aromatic carbocycles. The van der Waals surface area contributed by atoms with Crippen molar-refractivity contribution in [2.45, 2.75) is 17.3 Å². The van der Waals surface area contributed by atoms with Crippen LogP contribution in [-0.4, -0.2) is 19.7 Å². The fourth-order valence-corrected chi connectivity index (χ4v) is 3.67. The molecule has 25 heavy (non-hydrogen) atoms. The second kappa shape index (κ2) is 6.90. The number of para-hydroxylation sites is 2. The van der Waals surface area contributed by atoms with E-state index in [9.17, 15) is 0 Å². The lowest BCUT2D eigenvalue weighted by Gasteiger charge is -1.99. The molecule has 0 saturated carbocycles. The Kier molecular flexibility index (Phi) is 4.46. The number of aryl methyl sites for hydroxylation is 1. The van der Waals surface area contributed by atoms with E-state index in [4.69, 9.17) is 16.1 Å². The Balaban J connectivity index is 1.45. The Labute approximate surface area is 154 Å². The molecule has 126 valence electrons. The Morgan fingerprint density at radius 3 is 2.84 bits per heavy atom. The van der Waals surface area contributed by atoms with Gasteiger partial charge in [-0.1, -0.05) is 52.8 Å². The molecule has 0 radical (unpaired) electrons. The van der Waals surface area contributed by atoms with Gasteiger partial charge in [0.05, 0.1) is 16.8 Å². The van der Waals surface area contributed by atoms with Crippen molar-refractivity contribution in [2.75, 3.05) is 0 Å². The Hall–Kier alpha value is -2.31. The summed E-state index contributed by atoms with van der Waals surface area (Å²) in [5.41, 5.74) is 3.15. The summed E-state index contributed by atoms with van der Waals surface area (Å²) < 4.78 is 7.42. The summed E-state index contributed by atoms with van der Waals surface area (Å²) in [6, 6.07) is 15.7. The molecule has 0 bridgehead atoms. The Morgan fingerprint density at radius 1 is 1.12 bits per heavy atom. The highest BCUT2D eigenvalue weighted by molar-refractivity contribution is 7.98. The van der Waals surface area contributed by atoms with Crippen molar-refractivity contribution in [3.8, 4) is 0 Å². The minimum Gasteiger partial charge on any atom is -0.338 e. The van der Waals surface area contributed by atoms with Gasteiger partial charge < -0.3 is 9.09 Å². The summed E-state index contributed by atoms with van der Waals surface area (Å²) in [5, 5.41) is 5.68. The molecule has 0 atom stereocenters. The molecule has 0 aliphatic heterocycles. The molecule has 0 amide bonds. The maximum atomic E-state index is 6.01. The predicted molar refractivity (Wildman–Crippen MR) is 98.8 cm³/mol. The van der Waals surface area contributed by atoms with Crippen molar-refractivity contribution >= 4 is 34.4 Å². The zero-order valence-electron chi connectivity index (χ0n) is 13.5. The molecule has 2 aromatic heterocycles. The number of hydrogen-bond acceptors (Lipinski definition) is 5. The van der Waals surface area contributed by atoms with E-state index in [0.29, 0.717) is 28.9 Å². The monoisotopic (exact) mass is 370 g/mol. The summed E-state index contributed by atoms with van der Waals surface area (Å²) in [7, 11) is 2.01. The van der Waals surface area contributed by atoms with Gasteiger partial charge in [0.1, 0.15) is 0 Å². The van der Waals surface area contributed by atoms with E-state index in [1.165, 1.54) is 0 Å². The second-order valence-corrected chi connectivity index (χ2v) is 7.02. The highest BCUT2D eigenvalue weighted by atomic mass is 35.5. The smallest absolute Gasteiger partial charge is 0.237 e. The lowest BCUT2D eigenvalue weighted by atomic mass is 10.1.